The van der Waals surface area contributed by atoms with Gasteiger partial charge in [0.2, 0.25) is 0 Å². The number of likely N-dealkylation sites (tertiary alicyclic amines) is 1. The molecule has 2 rings (SSSR count). The number of benzene rings is 1. The molecule has 1 fully saturated rings. The molecule has 2 N–H and O–H groups in total. The first kappa shape index (κ1) is 21.4. The van der Waals surface area contributed by atoms with Crippen LogP contribution in [0.25, 0.3) is 0 Å². The number of nitrogens with one attached hydrogen (secondary N) is 2. The molecular formula is C22H35N2O3+. The van der Waals surface area contributed by atoms with E-state index in [0.717, 1.165) is 30.0 Å². The predicted octanol–water partition coefficient (Wildman–Crippen LogP) is 2.73. The Morgan fingerprint density at radius 3 is 2.37 bits per heavy atom. The minimum absolute atomic E-state index is 0.0181. The van der Waals surface area contributed by atoms with Crippen molar-refractivity contribution in [2.45, 2.75) is 59.3 Å². The van der Waals surface area contributed by atoms with Crippen LogP contribution in [0.1, 0.15) is 70.4 Å². The van der Waals surface area contributed by atoms with Gasteiger partial charge in [-0.05, 0) is 42.7 Å². The number of hydrogen-bond acceptors (Lipinski definition) is 3. The number of amides is 1. The largest absolute Gasteiger partial charge is 0.466 e. The number of carbonyl (C=O) groups excluding carboxylic acids is 2. The van der Waals surface area contributed by atoms with E-state index in [4.69, 9.17) is 4.74 Å². The van der Waals surface area contributed by atoms with Gasteiger partial charge in [0, 0.05) is 5.69 Å². The molecule has 0 aliphatic carbocycles. The van der Waals surface area contributed by atoms with Gasteiger partial charge in [0.05, 0.1) is 19.7 Å². The summed E-state index contributed by atoms with van der Waals surface area (Å²) in [7, 11) is 0. The number of carbonyl (C=O) groups is 2. The average Bonchev–Trinajstić information content (AvgIpc) is 2.61. The van der Waals surface area contributed by atoms with Gasteiger partial charge in [0.25, 0.3) is 5.91 Å². The fourth-order valence-electron chi connectivity index (χ4n) is 3.88. The summed E-state index contributed by atoms with van der Waals surface area (Å²) < 4.78 is 5.16. The predicted molar refractivity (Wildman–Crippen MR) is 108 cm³/mol. The lowest BCUT2D eigenvalue weighted by atomic mass is 9.92. The number of esters is 1. The zero-order valence-electron chi connectivity index (χ0n) is 17.4. The highest BCUT2D eigenvalue weighted by molar-refractivity contribution is 5.93. The normalized spacial score (nSPS) is 20.0. The molecule has 0 saturated carbocycles. The van der Waals surface area contributed by atoms with Gasteiger partial charge in [0.1, 0.15) is 5.92 Å². The lowest BCUT2D eigenvalue weighted by Gasteiger charge is -2.28. The van der Waals surface area contributed by atoms with Crippen LogP contribution in [0.3, 0.4) is 0 Å². The summed E-state index contributed by atoms with van der Waals surface area (Å²) in [4.78, 5) is 26.0. The molecule has 1 aliphatic heterocycles. The first-order valence-corrected chi connectivity index (χ1v) is 10.3. The van der Waals surface area contributed by atoms with Crippen molar-refractivity contribution in [2.75, 3.05) is 31.6 Å². The zero-order valence-corrected chi connectivity index (χ0v) is 17.4. The van der Waals surface area contributed by atoms with E-state index >= 15 is 0 Å². The molecule has 1 aliphatic rings. The first-order chi connectivity index (χ1) is 12.8. The summed E-state index contributed by atoms with van der Waals surface area (Å²) in [6.45, 7) is 12.8. The lowest BCUT2D eigenvalue weighted by molar-refractivity contribution is -0.899. The lowest BCUT2D eigenvalue weighted by Crippen LogP contribution is -3.14. The maximum Gasteiger partial charge on any atom is 0.314 e. The Labute approximate surface area is 163 Å². The van der Waals surface area contributed by atoms with Crippen LogP contribution in [0.15, 0.2) is 18.2 Å². The molecule has 5 heteroatoms. The molecule has 5 nitrogen and oxygen atoms in total. The second-order valence-corrected chi connectivity index (χ2v) is 8.14. The summed E-state index contributed by atoms with van der Waals surface area (Å²) in [6.07, 6.45) is 1.81. The molecule has 0 aromatic heterocycles. The van der Waals surface area contributed by atoms with E-state index in [2.05, 4.69) is 51.2 Å². The van der Waals surface area contributed by atoms with Gasteiger partial charge >= 0.3 is 5.97 Å². The van der Waals surface area contributed by atoms with Crippen LogP contribution in [0.4, 0.5) is 5.69 Å². The van der Waals surface area contributed by atoms with Gasteiger partial charge in [0.15, 0.2) is 6.54 Å². The van der Waals surface area contributed by atoms with E-state index in [0.29, 0.717) is 31.5 Å². The Balaban J connectivity index is 2.06. The van der Waals surface area contributed by atoms with Gasteiger partial charge in [-0.3, -0.25) is 9.59 Å². The summed E-state index contributed by atoms with van der Waals surface area (Å²) in [6, 6.07) is 6.26. The standard InChI is InChI=1S/C22H34N2O3/c1-6-27-22(26)17-9-8-12-24(13-17)14-20(25)23-21-18(15(2)3)10-7-11-19(21)16(4)5/h7,10-11,15-17H,6,8-9,12-14H2,1-5H3,(H,23,25)/p+1/t17-/m1/s1. The van der Waals surface area contributed by atoms with E-state index in [1.54, 1.807) is 0 Å². The van der Waals surface area contributed by atoms with Crippen molar-refractivity contribution in [3.05, 3.63) is 29.3 Å². The SMILES string of the molecule is CCOC(=O)[C@@H]1CCC[NH+](CC(=O)Nc2c(C(C)C)cccc2C(C)C)C1. The Morgan fingerprint density at radius 2 is 1.81 bits per heavy atom. The monoisotopic (exact) mass is 375 g/mol. The van der Waals surface area contributed by atoms with Crippen LogP contribution in [0.5, 0.6) is 0 Å². The number of piperidine rings is 1. The van der Waals surface area contributed by atoms with Crippen molar-refractivity contribution < 1.29 is 19.2 Å². The van der Waals surface area contributed by atoms with Crippen molar-refractivity contribution in [1.29, 1.82) is 0 Å². The molecule has 1 unspecified atom stereocenters. The van der Waals surface area contributed by atoms with E-state index in [1.807, 2.05) is 6.92 Å². The maximum atomic E-state index is 12.8. The minimum Gasteiger partial charge on any atom is -0.466 e. The quantitative estimate of drug-likeness (QED) is 0.721. The summed E-state index contributed by atoms with van der Waals surface area (Å²) in [5.41, 5.74) is 3.31. The third kappa shape index (κ3) is 5.80. The van der Waals surface area contributed by atoms with Crippen molar-refractivity contribution >= 4 is 17.6 Å². The van der Waals surface area contributed by atoms with Gasteiger partial charge < -0.3 is 15.0 Å². The van der Waals surface area contributed by atoms with Crippen molar-refractivity contribution in [1.82, 2.24) is 0 Å². The molecule has 0 bridgehead atoms. The van der Waals surface area contributed by atoms with Crippen LogP contribution in [-0.4, -0.2) is 38.1 Å². The first-order valence-electron chi connectivity index (χ1n) is 10.3. The number of quaternary nitrogens is 1. The molecule has 1 aromatic rings. The van der Waals surface area contributed by atoms with Gasteiger partial charge in [-0.15, -0.1) is 0 Å². The molecule has 0 spiro atoms. The molecule has 1 heterocycles. The van der Waals surface area contributed by atoms with Crippen LogP contribution < -0.4 is 10.2 Å². The average molecular weight is 376 g/mol. The highest BCUT2D eigenvalue weighted by atomic mass is 16.5. The highest BCUT2D eigenvalue weighted by Crippen LogP contribution is 2.32. The molecule has 150 valence electrons. The molecule has 0 radical (unpaired) electrons. The Kier molecular flexibility index (Phi) is 7.84. The fraction of sp³-hybridized carbons (Fsp3) is 0.636. The van der Waals surface area contributed by atoms with Crippen molar-refractivity contribution in [3.8, 4) is 0 Å². The molecule has 1 amide bonds. The minimum atomic E-state index is -0.123. The molecule has 1 saturated heterocycles. The highest BCUT2D eigenvalue weighted by Gasteiger charge is 2.31. The maximum absolute atomic E-state index is 12.8. The van der Waals surface area contributed by atoms with Gasteiger partial charge in [-0.25, -0.2) is 0 Å². The fourth-order valence-corrected chi connectivity index (χ4v) is 3.88. The van der Waals surface area contributed by atoms with Crippen LogP contribution in [-0.2, 0) is 14.3 Å². The van der Waals surface area contributed by atoms with E-state index in [-0.39, 0.29) is 17.8 Å². The molecule has 27 heavy (non-hydrogen) atoms. The van der Waals surface area contributed by atoms with Crippen molar-refractivity contribution in [2.24, 2.45) is 5.92 Å². The third-order valence-corrected chi connectivity index (χ3v) is 5.29. The number of hydrogen-bond donors (Lipinski definition) is 2. The van der Waals surface area contributed by atoms with Crippen LogP contribution in [0, 0.1) is 5.92 Å². The Bertz CT molecular complexity index is 629. The van der Waals surface area contributed by atoms with E-state index < -0.39 is 0 Å². The van der Waals surface area contributed by atoms with Crippen LogP contribution >= 0.6 is 0 Å². The number of ether oxygens (including phenoxy) is 1. The molecular weight excluding hydrogens is 340 g/mol. The van der Waals surface area contributed by atoms with Crippen LogP contribution in [0.2, 0.25) is 0 Å². The second-order valence-electron chi connectivity index (χ2n) is 8.14. The second kappa shape index (κ2) is 9.88. The molecule has 2 atom stereocenters. The number of anilines is 1. The summed E-state index contributed by atoms with van der Waals surface area (Å²) in [5, 5.41) is 3.18. The van der Waals surface area contributed by atoms with E-state index in [1.165, 1.54) is 11.1 Å². The van der Waals surface area contributed by atoms with Gasteiger partial charge in [-0.1, -0.05) is 45.9 Å². The van der Waals surface area contributed by atoms with Gasteiger partial charge in [-0.2, -0.15) is 0 Å². The third-order valence-electron chi connectivity index (χ3n) is 5.29. The zero-order chi connectivity index (χ0) is 20.0. The Morgan fingerprint density at radius 1 is 1.19 bits per heavy atom. The summed E-state index contributed by atoms with van der Waals surface area (Å²) in [5.74, 6) is 0.492. The topological polar surface area (TPSA) is 59.8 Å². The number of para-hydroxylation sites is 1. The summed E-state index contributed by atoms with van der Waals surface area (Å²) >= 11 is 0. The number of rotatable bonds is 7. The smallest absolute Gasteiger partial charge is 0.314 e. The van der Waals surface area contributed by atoms with E-state index in [9.17, 15) is 9.59 Å². The molecule has 1 aromatic carbocycles. The van der Waals surface area contributed by atoms with Crippen molar-refractivity contribution in [3.63, 3.8) is 0 Å². The Hall–Kier alpha value is -1.88.